The summed E-state index contributed by atoms with van der Waals surface area (Å²) in [6, 6.07) is 3.58. The van der Waals surface area contributed by atoms with Crippen molar-refractivity contribution in [2.75, 3.05) is 11.4 Å². The smallest absolute Gasteiger partial charge is 0.337 e. The molecule has 0 saturated heterocycles. The van der Waals surface area contributed by atoms with Crippen LogP contribution in [0.2, 0.25) is 0 Å². The lowest BCUT2D eigenvalue weighted by Gasteiger charge is -2.24. The van der Waals surface area contributed by atoms with E-state index in [4.69, 9.17) is 10.2 Å². The molecular formula is C12H15NO6S. The van der Waals surface area contributed by atoms with Gasteiger partial charge in [0.15, 0.2) is 0 Å². The van der Waals surface area contributed by atoms with Crippen LogP contribution in [-0.2, 0) is 10.0 Å². The molecule has 0 spiro atoms. The van der Waals surface area contributed by atoms with Gasteiger partial charge in [-0.25, -0.2) is 18.0 Å². The molecule has 0 bridgehead atoms. The fourth-order valence-electron chi connectivity index (χ4n) is 1.67. The van der Waals surface area contributed by atoms with Crippen molar-refractivity contribution in [3.8, 4) is 0 Å². The van der Waals surface area contributed by atoms with Gasteiger partial charge in [0, 0.05) is 7.05 Å². The lowest BCUT2D eigenvalue weighted by molar-refractivity contribution is 0.0696. The molecule has 0 fully saturated rings. The third-order valence-corrected chi connectivity index (χ3v) is 4.93. The molecule has 0 atom stereocenters. The molecule has 20 heavy (non-hydrogen) atoms. The Morgan fingerprint density at radius 3 is 1.80 bits per heavy atom. The number of carboxylic acid groups (broad SMARTS) is 2. The summed E-state index contributed by atoms with van der Waals surface area (Å²) in [5.74, 6) is -2.79. The first-order chi connectivity index (χ1) is 9.10. The highest BCUT2D eigenvalue weighted by molar-refractivity contribution is 7.93. The summed E-state index contributed by atoms with van der Waals surface area (Å²) in [6.07, 6.45) is 0. The lowest BCUT2D eigenvalue weighted by Crippen LogP contribution is -2.35. The molecule has 1 aromatic rings. The highest BCUT2D eigenvalue weighted by Gasteiger charge is 2.30. The fraction of sp³-hybridized carbons (Fsp3) is 0.333. The van der Waals surface area contributed by atoms with Gasteiger partial charge in [0.05, 0.1) is 22.1 Å². The first-order valence-corrected chi connectivity index (χ1v) is 7.18. The molecule has 2 N–H and O–H groups in total. The van der Waals surface area contributed by atoms with Crippen LogP contribution < -0.4 is 4.31 Å². The molecule has 0 aliphatic heterocycles. The van der Waals surface area contributed by atoms with Crippen molar-refractivity contribution in [1.29, 1.82) is 0 Å². The minimum absolute atomic E-state index is 0.346. The van der Waals surface area contributed by atoms with E-state index in [1.54, 1.807) is 0 Å². The summed E-state index contributed by atoms with van der Waals surface area (Å²) in [4.78, 5) is 22.4. The lowest BCUT2D eigenvalue weighted by atomic mass is 10.1. The van der Waals surface area contributed by atoms with Gasteiger partial charge >= 0.3 is 11.9 Å². The molecule has 0 aliphatic carbocycles. The van der Waals surface area contributed by atoms with Gasteiger partial charge in [-0.05, 0) is 26.0 Å². The zero-order valence-electron chi connectivity index (χ0n) is 11.2. The van der Waals surface area contributed by atoms with Crippen LogP contribution in [0.3, 0.4) is 0 Å². The van der Waals surface area contributed by atoms with Crippen molar-refractivity contribution in [2.24, 2.45) is 0 Å². The Morgan fingerprint density at radius 2 is 1.50 bits per heavy atom. The number of carboxylic acids is 2. The Bertz CT molecular complexity index is 618. The van der Waals surface area contributed by atoms with Crippen LogP contribution in [0.4, 0.5) is 5.69 Å². The predicted molar refractivity (Wildman–Crippen MR) is 72.8 cm³/mol. The SMILES string of the molecule is CC(C)S(=O)(=O)N(C)c1c(C(=O)O)cccc1C(=O)O. The second-order valence-electron chi connectivity index (χ2n) is 4.37. The van der Waals surface area contributed by atoms with Gasteiger partial charge in [-0.3, -0.25) is 4.31 Å². The zero-order valence-corrected chi connectivity index (χ0v) is 12.0. The van der Waals surface area contributed by atoms with Crippen LogP contribution in [0.5, 0.6) is 0 Å². The minimum Gasteiger partial charge on any atom is -0.478 e. The maximum absolute atomic E-state index is 12.1. The number of aromatic carboxylic acids is 2. The standard InChI is InChI=1S/C12H15NO6S/c1-7(2)20(18,19)13(3)10-8(11(14)15)5-4-6-9(10)12(16)17/h4-7H,1-3H3,(H,14,15)(H,16,17). The number of rotatable bonds is 5. The summed E-state index contributed by atoms with van der Waals surface area (Å²) >= 11 is 0. The highest BCUT2D eigenvalue weighted by Crippen LogP contribution is 2.28. The van der Waals surface area contributed by atoms with Crippen molar-refractivity contribution >= 4 is 27.6 Å². The Labute approximate surface area is 116 Å². The number of anilines is 1. The summed E-state index contributed by atoms with van der Waals surface area (Å²) in [6.45, 7) is 2.85. The minimum atomic E-state index is -3.84. The number of para-hydroxylation sites is 1. The van der Waals surface area contributed by atoms with Gasteiger partial charge < -0.3 is 10.2 Å². The van der Waals surface area contributed by atoms with Gasteiger partial charge in [0.1, 0.15) is 0 Å². The summed E-state index contributed by atoms with van der Waals surface area (Å²) in [7, 11) is -2.69. The second-order valence-corrected chi connectivity index (χ2v) is 6.89. The third-order valence-electron chi connectivity index (χ3n) is 2.79. The fourth-order valence-corrected chi connectivity index (χ4v) is 2.76. The van der Waals surface area contributed by atoms with Crippen LogP contribution in [0.25, 0.3) is 0 Å². The van der Waals surface area contributed by atoms with Crippen molar-refractivity contribution in [3.63, 3.8) is 0 Å². The Kier molecular flexibility index (Phi) is 4.39. The first kappa shape index (κ1) is 16.0. The molecule has 0 amide bonds. The third kappa shape index (κ3) is 2.74. The topological polar surface area (TPSA) is 112 Å². The zero-order chi connectivity index (χ0) is 15.7. The number of nitrogens with zero attached hydrogens (tertiary/aromatic N) is 1. The molecule has 1 aromatic carbocycles. The van der Waals surface area contributed by atoms with Crippen LogP contribution in [0, 0.1) is 0 Å². The molecule has 0 heterocycles. The molecule has 110 valence electrons. The van der Waals surface area contributed by atoms with Gasteiger partial charge in [0.25, 0.3) is 0 Å². The molecule has 0 aliphatic rings. The van der Waals surface area contributed by atoms with Gasteiger partial charge in [-0.1, -0.05) is 6.07 Å². The Hall–Kier alpha value is -2.09. The van der Waals surface area contributed by atoms with E-state index in [1.807, 2.05) is 0 Å². The van der Waals surface area contributed by atoms with Crippen molar-refractivity contribution < 1.29 is 28.2 Å². The molecule has 1 rings (SSSR count). The number of sulfonamides is 1. The van der Waals surface area contributed by atoms with Crippen molar-refractivity contribution in [3.05, 3.63) is 29.3 Å². The van der Waals surface area contributed by atoms with Gasteiger partial charge in [0.2, 0.25) is 10.0 Å². The highest BCUT2D eigenvalue weighted by atomic mass is 32.2. The molecule has 8 heteroatoms. The van der Waals surface area contributed by atoms with E-state index in [0.29, 0.717) is 4.31 Å². The van der Waals surface area contributed by atoms with Crippen LogP contribution >= 0.6 is 0 Å². The number of hydrogen-bond donors (Lipinski definition) is 2. The number of hydrogen-bond acceptors (Lipinski definition) is 4. The molecule has 0 unspecified atom stereocenters. The molecular weight excluding hydrogens is 286 g/mol. The number of carbonyl (C=O) groups is 2. The predicted octanol–water partition coefficient (Wildman–Crippen LogP) is 1.26. The summed E-state index contributed by atoms with van der Waals surface area (Å²) in [5, 5.41) is 17.4. The quantitative estimate of drug-likeness (QED) is 0.846. The van der Waals surface area contributed by atoms with Gasteiger partial charge in [-0.2, -0.15) is 0 Å². The van der Waals surface area contributed by atoms with E-state index < -0.39 is 27.2 Å². The number of benzene rings is 1. The van der Waals surface area contributed by atoms with Crippen molar-refractivity contribution in [1.82, 2.24) is 0 Å². The summed E-state index contributed by atoms with van der Waals surface area (Å²) < 4.78 is 25.0. The average Bonchev–Trinajstić information content (AvgIpc) is 2.36. The van der Waals surface area contributed by atoms with E-state index in [1.165, 1.54) is 19.9 Å². The van der Waals surface area contributed by atoms with E-state index >= 15 is 0 Å². The average molecular weight is 301 g/mol. The Balaban J connectivity index is 3.65. The Morgan fingerprint density at radius 1 is 1.10 bits per heavy atom. The molecule has 0 saturated carbocycles. The first-order valence-electron chi connectivity index (χ1n) is 5.68. The monoisotopic (exact) mass is 301 g/mol. The van der Waals surface area contributed by atoms with E-state index in [0.717, 1.165) is 19.2 Å². The van der Waals surface area contributed by atoms with E-state index in [9.17, 15) is 18.0 Å². The van der Waals surface area contributed by atoms with Crippen LogP contribution in [-0.4, -0.2) is 42.9 Å². The van der Waals surface area contributed by atoms with Crippen LogP contribution in [0.1, 0.15) is 34.6 Å². The van der Waals surface area contributed by atoms with E-state index in [2.05, 4.69) is 0 Å². The van der Waals surface area contributed by atoms with E-state index in [-0.39, 0.29) is 16.8 Å². The molecule has 0 radical (unpaired) electrons. The normalized spacial score (nSPS) is 11.4. The molecule has 7 nitrogen and oxygen atoms in total. The second kappa shape index (κ2) is 5.49. The van der Waals surface area contributed by atoms with Crippen molar-refractivity contribution in [2.45, 2.75) is 19.1 Å². The summed E-state index contributed by atoms with van der Waals surface area (Å²) in [5.41, 5.74) is -1.10. The molecule has 0 aromatic heterocycles. The van der Waals surface area contributed by atoms with Gasteiger partial charge in [-0.15, -0.1) is 0 Å². The van der Waals surface area contributed by atoms with Crippen LogP contribution in [0.15, 0.2) is 18.2 Å². The largest absolute Gasteiger partial charge is 0.478 e. The maximum atomic E-state index is 12.1. The maximum Gasteiger partial charge on any atom is 0.337 e.